The van der Waals surface area contributed by atoms with E-state index in [1.165, 1.54) is 32.1 Å². The Morgan fingerprint density at radius 2 is 1.53 bits per heavy atom. The first-order valence-electron chi connectivity index (χ1n) is 7.76. The number of carbonyl (C=O) groups is 1. The summed E-state index contributed by atoms with van der Waals surface area (Å²) < 4.78 is 0. The number of rotatable bonds is 3. The summed E-state index contributed by atoms with van der Waals surface area (Å²) >= 11 is 5.22. The average Bonchev–Trinajstić information content (AvgIpc) is 2.68. The predicted octanol–water partition coefficient (Wildman–Crippen LogP) is 3.06. The molecule has 3 N–H and O–H groups in total. The smallest absolute Gasteiger partial charge is 0.233 e. The van der Waals surface area contributed by atoms with Crippen LogP contribution in [-0.2, 0) is 4.79 Å². The van der Waals surface area contributed by atoms with E-state index in [-0.39, 0.29) is 5.91 Å². The number of nitrogens with two attached hydrogens (primary N) is 1. The molecule has 19 heavy (non-hydrogen) atoms. The number of amides is 1. The van der Waals surface area contributed by atoms with Crippen molar-refractivity contribution in [3.05, 3.63) is 0 Å². The SMILES string of the molecule is NC(=S)C1(C(=O)NC2CCCCCC2)CCCCC1. The van der Waals surface area contributed by atoms with E-state index in [9.17, 15) is 4.79 Å². The summed E-state index contributed by atoms with van der Waals surface area (Å²) in [6, 6.07) is 0.336. The van der Waals surface area contributed by atoms with Gasteiger partial charge in [-0.2, -0.15) is 0 Å². The van der Waals surface area contributed by atoms with E-state index in [4.69, 9.17) is 18.0 Å². The lowest BCUT2D eigenvalue weighted by atomic mass is 9.73. The van der Waals surface area contributed by atoms with E-state index in [1.54, 1.807) is 0 Å². The Kier molecular flexibility index (Phi) is 5.20. The highest BCUT2D eigenvalue weighted by Gasteiger charge is 2.42. The molecule has 2 rings (SSSR count). The summed E-state index contributed by atoms with van der Waals surface area (Å²) in [5.74, 6) is 0.103. The van der Waals surface area contributed by atoms with Crippen LogP contribution in [0.5, 0.6) is 0 Å². The summed E-state index contributed by atoms with van der Waals surface area (Å²) in [7, 11) is 0. The lowest BCUT2D eigenvalue weighted by Crippen LogP contribution is -2.52. The molecule has 4 heteroatoms. The molecule has 0 atom stereocenters. The van der Waals surface area contributed by atoms with E-state index in [1.807, 2.05) is 0 Å². The fourth-order valence-corrected chi connectivity index (χ4v) is 3.78. The van der Waals surface area contributed by atoms with Gasteiger partial charge in [0.1, 0.15) is 0 Å². The van der Waals surface area contributed by atoms with Gasteiger partial charge < -0.3 is 11.1 Å². The molecule has 2 aliphatic carbocycles. The molecular weight excluding hydrogens is 256 g/mol. The van der Waals surface area contributed by atoms with Crippen LogP contribution in [0.2, 0.25) is 0 Å². The van der Waals surface area contributed by atoms with E-state index >= 15 is 0 Å². The standard InChI is InChI=1S/C15H26N2OS/c16-13(19)15(10-6-3-7-11-15)14(18)17-12-8-4-1-2-5-9-12/h12H,1-11H2,(H2,16,19)(H,17,18). The Bertz CT molecular complexity index is 329. The summed E-state index contributed by atoms with van der Waals surface area (Å²) in [4.78, 5) is 13.1. The fraction of sp³-hybridized carbons (Fsp3) is 0.867. The summed E-state index contributed by atoms with van der Waals surface area (Å²) in [6.07, 6.45) is 12.3. The number of carbonyl (C=O) groups excluding carboxylic acids is 1. The van der Waals surface area contributed by atoms with Crippen molar-refractivity contribution in [2.75, 3.05) is 0 Å². The zero-order valence-electron chi connectivity index (χ0n) is 11.7. The molecule has 2 saturated carbocycles. The second-order valence-electron chi connectivity index (χ2n) is 6.17. The maximum absolute atomic E-state index is 12.7. The van der Waals surface area contributed by atoms with Crippen LogP contribution in [0.1, 0.15) is 70.6 Å². The maximum Gasteiger partial charge on any atom is 0.233 e. The van der Waals surface area contributed by atoms with Gasteiger partial charge in [-0.05, 0) is 25.7 Å². The molecule has 1 amide bonds. The van der Waals surface area contributed by atoms with Crippen LogP contribution in [-0.4, -0.2) is 16.9 Å². The molecule has 0 saturated heterocycles. The van der Waals surface area contributed by atoms with Crippen LogP contribution >= 0.6 is 12.2 Å². The van der Waals surface area contributed by atoms with Crippen molar-refractivity contribution in [3.63, 3.8) is 0 Å². The Labute approximate surface area is 121 Å². The Morgan fingerprint density at radius 1 is 1.00 bits per heavy atom. The average molecular weight is 282 g/mol. The molecule has 2 aliphatic rings. The molecular formula is C15H26N2OS. The van der Waals surface area contributed by atoms with Crippen LogP contribution < -0.4 is 11.1 Å². The largest absolute Gasteiger partial charge is 0.392 e. The second kappa shape index (κ2) is 6.69. The highest BCUT2D eigenvalue weighted by atomic mass is 32.1. The highest BCUT2D eigenvalue weighted by molar-refractivity contribution is 7.80. The van der Waals surface area contributed by atoms with Crippen molar-refractivity contribution in [2.45, 2.75) is 76.7 Å². The summed E-state index contributed by atoms with van der Waals surface area (Å²) in [5.41, 5.74) is 5.35. The first-order valence-corrected chi connectivity index (χ1v) is 8.17. The minimum absolute atomic E-state index is 0.103. The van der Waals surface area contributed by atoms with Gasteiger partial charge in [-0.25, -0.2) is 0 Å². The number of hydrogen-bond donors (Lipinski definition) is 2. The number of thiocarbonyl (C=S) groups is 1. The van der Waals surface area contributed by atoms with Crippen LogP contribution in [0.15, 0.2) is 0 Å². The van der Waals surface area contributed by atoms with Gasteiger partial charge in [-0.1, -0.05) is 57.2 Å². The van der Waals surface area contributed by atoms with Gasteiger partial charge in [0.05, 0.1) is 10.4 Å². The molecule has 0 radical (unpaired) electrons. The molecule has 0 spiro atoms. The van der Waals surface area contributed by atoms with Gasteiger partial charge in [0.25, 0.3) is 0 Å². The third kappa shape index (κ3) is 3.47. The zero-order chi connectivity index (χ0) is 13.7. The zero-order valence-corrected chi connectivity index (χ0v) is 12.6. The molecule has 0 aromatic carbocycles. The van der Waals surface area contributed by atoms with E-state index in [2.05, 4.69) is 5.32 Å². The van der Waals surface area contributed by atoms with Gasteiger partial charge in [-0.15, -0.1) is 0 Å². The van der Waals surface area contributed by atoms with Crippen molar-refractivity contribution in [3.8, 4) is 0 Å². The molecule has 0 heterocycles. The summed E-state index contributed by atoms with van der Waals surface area (Å²) in [6.45, 7) is 0. The van der Waals surface area contributed by atoms with Crippen LogP contribution in [0.25, 0.3) is 0 Å². The van der Waals surface area contributed by atoms with E-state index in [0.29, 0.717) is 11.0 Å². The van der Waals surface area contributed by atoms with E-state index in [0.717, 1.165) is 38.5 Å². The van der Waals surface area contributed by atoms with Gasteiger partial charge in [0.2, 0.25) is 5.91 Å². The third-order valence-electron chi connectivity index (χ3n) is 4.80. The third-order valence-corrected chi connectivity index (χ3v) is 5.19. The predicted molar refractivity (Wildman–Crippen MR) is 81.9 cm³/mol. The van der Waals surface area contributed by atoms with Gasteiger partial charge in [0, 0.05) is 6.04 Å². The van der Waals surface area contributed by atoms with Crippen molar-refractivity contribution in [1.29, 1.82) is 0 Å². The molecule has 0 unspecified atom stereocenters. The van der Waals surface area contributed by atoms with Gasteiger partial charge >= 0.3 is 0 Å². The van der Waals surface area contributed by atoms with Crippen molar-refractivity contribution in [2.24, 2.45) is 11.1 Å². The molecule has 0 bridgehead atoms. The minimum atomic E-state index is -0.556. The quantitative estimate of drug-likeness (QED) is 0.618. The molecule has 2 fully saturated rings. The van der Waals surface area contributed by atoms with E-state index < -0.39 is 5.41 Å². The molecule has 3 nitrogen and oxygen atoms in total. The normalized spacial score (nSPS) is 24.4. The first kappa shape index (κ1) is 14.8. The first-order chi connectivity index (χ1) is 9.15. The minimum Gasteiger partial charge on any atom is -0.392 e. The second-order valence-corrected chi connectivity index (χ2v) is 6.61. The topological polar surface area (TPSA) is 55.1 Å². The Morgan fingerprint density at radius 3 is 2.05 bits per heavy atom. The molecule has 108 valence electrons. The Hall–Kier alpha value is -0.640. The van der Waals surface area contributed by atoms with Crippen LogP contribution in [0, 0.1) is 5.41 Å². The monoisotopic (exact) mass is 282 g/mol. The van der Waals surface area contributed by atoms with Crippen molar-refractivity contribution >= 4 is 23.1 Å². The highest BCUT2D eigenvalue weighted by Crippen LogP contribution is 2.37. The maximum atomic E-state index is 12.7. The van der Waals surface area contributed by atoms with Crippen LogP contribution in [0.3, 0.4) is 0 Å². The summed E-state index contributed by atoms with van der Waals surface area (Å²) in [5, 5.41) is 3.24. The van der Waals surface area contributed by atoms with Gasteiger partial charge in [-0.3, -0.25) is 4.79 Å². The lowest BCUT2D eigenvalue weighted by molar-refractivity contribution is -0.129. The van der Waals surface area contributed by atoms with Crippen molar-refractivity contribution < 1.29 is 4.79 Å². The van der Waals surface area contributed by atoms with Crippen molar-refractivity contribution in [1.82, 2.24) is 5.32 Å². The molecule has 0 aromatic rings. The number of hydrogen-bond acceptors (Lipinski definition) is 2. The fourth-order valence-electron chi connectivity index (χ4n) is 3.49. The van der Waals surface area contributed by atoms with Crippen LogP contribution in [0.4, 0.5) is 0 Å². The van der Waals surface area contributed by atoms with Gasteiger partial charge in [0.15, 0.2) is 0 Å². The lowest BCUT2D eigenvalue weighted by Gasteiger charge is -2.36. The Balaban J connectivity index is 2.00. The molecule has 0 aliphatic heterocycles. The molecule has 0 aromatic heterocycles. The number of nitrogens with one attached hydrogen (secondary N) is 1.